The summed E-state index contributed by atoms with van der Waals surface area (Å²) in [4.78, 5) is 11.1. The summed E-state index contributed by atoms with van der Waals surface area (Å²) in [6.07, 6.45) is 2.95. The second-order valence-corrected chi connectivity index (χ2v) is 4.61. The zero-order chi connectivity index (χ0) is 9.90. The summed E-state index contributed by atoms with van der Waals surface area (Å²) in [6.45, 7) is 5.28. The third-order valence-corrected chi connectivity index (χ3v) is 3.27. The molecule has 1 saturated carbocycles. The molecule has 0 radical (unpaired) electrons. The summed E-state index contributed by atoms with van der Waals surface area (Å²) in [5.41, 5.74) is 0.405. The highest BCUT2D eigenvalue weighted by Gasteiger charge is 2.45. The summed E-state index contributed by atoms with van der Waals surface area (Å²) in [7, 11) is 0. The van der Waals surface area contributed by atoms with Crippen molar-refractivity contribution < 1.29 is 4.79 Å². The molecule has 1 amide bonds. The predicted octanol–water partition coefficient (Wildman–Crippen LogP) is 2.17. The first-order valence-corrected chi connectivity index (χ1v) is 5.47. The topological polar surface area (TPSA) is 29.1 Å². The van der Waals surface area contributed by atoms with Crippen LogP contribution in [0.2, 0.25) is 0 Å². The quantitative estimate of drug-likeness (QED) is 0.682. The van der Waals surface area contributed by atoms with Gasteiger partial charge in [0.15, 0.2) is 0 Å². The summed E-state index contributed by atoms with van der Waals surface area (Å²) in [6, 6.07) is 0. The lowest BCUT2D eigenvalue weighted by molar-refractivity contribution is -0.121. The van der Waals surface area contributed by atoms with Crippen LogP contribution in [0.5, 0.6) is 0 Å². The minimum Gasteiger partial charge on any atom is -0.356 e. The van der Waals surface area contributed by atoms with Crippen molar-refractivity contribution in [3.05, 3.63) is 0 Å². The second kappa shape index (κ2) is 4.32. The van der Waals surface area contributed by atoms with E-state index in [0.29, 0.717) is 23.6 Å². The standard InChI is InChI=1S/C10H18ClNO/c1-8(2)10(4-5-10)7-12-9(13)3-6-11/h8H,3-7H2,1-2H3,(H,12,13). The van der Waals surface area contributed by atoms with Crippen LogP contribution in [0.15, 0.2) is 0 Å². The molecule has 13 heavy (non-hydrogen) atoms. The Morgan fingerprint density at radius 1 is 1.54 bits per heavy atom. The van der Waals surface area contributed by atoms with Crippen LogP contribution in [0.1, 0.15) is 33.1 Å². The molecule has 0 heterocycles. The van der Waals surface area contributed by atoms with E-state index in [0.717, 1.165) is 6.54 Å². The van der Waals surface area contributed by atoms with Crippen molar-refractivity contribution >= 4 is 17.5 Å². The summed E-state index contributed by atoms with van der Waals surface area (Å²) in [5, 5.41) is 2.94. The Balaban J connectivity index is 2.22. The van der Waals surface area contributed by atoms with Gasteiger partial charge in [-0.3, -0.25) is 4.79 Å². The van der Waals surface area contributed by atoms with Gasteiger partial charge in [-0.1, -0.05) is 13.8 Å². The Bertz CT molecular complexity index is 187. The van der Waals surface area contributed by atoms with Gasteiger partial charge in [0.1, 0.15) is 0 Å². The molecule has 1 fully saturated rings. The number of alkyl halides is 1. The highest BCUT2D eigenvalue weighted by Crippen LogP contribution is 2.51. The fourth-order valence-corrected chi connectivity index (χ4v) is 1.74. The van der Waals surface area contributed by atoms with E-state index in [-0.39, 0.29) is 5.91 Å². The highest BCUT2D eigenvalue weighted by molar-refractivity contribution is 6.18. The van der Waals surface area contributed by atoms with Gasteiger partial charge >= 0.3 is 0 Å². The smallest absolute Gasteiger partial charge is 0.221 e. The van der Waals surface area contributed by atoms with Crippen molar-refractivity contribution in [1.29, 1.82) is 0 Å². The van der Waals surface area contributed by atoms with Crippen molar-refractivity contribution in [1.82, 2.24) is 5.32 Å². The van der Waals surface area contributed by atoms with Crippen molar-refractivity contribution in [3.63, 3.8) is 0 Å². The number of hydrogen-bond donors (Lipinski definition) is 1. The number of carbonyl (C=O) groups is 1. The van der Waals surface area contributed by atoms with Gasteiger partial charge in [0.25, 0.3) is 0 Å². The Morgan fingerprint density at radius 2 is 2.15 bits per heavy atom. The first-order valence-electron chi connectivity index (χ1n) is 4.93. The Labute approximate surface area is 85.0 Å². The minimum atomic E-state index is 0.0851. The molecule has 2 nitrogen and oxygen atoms in total. The van der Waals surface area contributed by atoms with Crippen LogP contribution in [0.4, 0.5) is 0 Å². The molecule has 0 aliphatic heterocycles. The lowest BCUT2D eigenvalue weighted by atomic mass is 9.92. The van der Waals surface area contributed by atoms with E-state index in [2.05, 4.69) is 19.2 Å². The van der Waals surface area contributed by atoms with E-state index in [4.69, 9.17) is 11.6 Å². The number of carbonyl (C=O) groups excluding carboxylic acids is 1. The van der Waals surface area contributed by atoms with E-state index in [1.807, 2.05) is 0 Å². The molecule has 0 aromatic heterocycles. The van der Waals surface area contributed by atoms with Crippen molar-refractivity contribution in [2.45, 2.75) is 33.1 Å². The average molecular weight is 204 g/mol. The van der Waals surface area contributed by atoms with Crippen LogP contribution < -0.4 is 5.32 Å². The van der Waals surface area contributed by atoms with Crippen LogP contribution in [-0.4, -0.2) is 18.3 Å². The molecule has 3 heteroatoms. The average Bonchev–Trinajstić information content (AvgIpc) is 2.82. The zero-order valence-electron chi connectivity index (χ0n) is 8.40. The van der Waals surface area contributed by atoms with Crippen LogP contribution in [0.25, 0.3) is 0 Å². The third-order valence-electron chi connectivity index (χ3n) is 3.08. The first kappa shape index (κ1) is 10.8. The van der Waals surface area contributed by atoms with Crippen molar-refractivity contribution in [3.8, 4) is 0 Å². The second-order valence-electron chi connectivity index (χ2n) is 4.23. The maximum Gasteiger partial charge on any atom is 0.221 e. The Morgan fingerprint density at radius 3 is 2.54 bits per heavy atom. The van der Waals surface area contributed by atoms with Crippen molar-refractivity contribution in [2.24, 2.45) is 11.3 Å². The Kier molecular flexibility index (Phi) is 3.60. The Hall–Kier alpha value is -0.240. The molecular formula is C10H18ClNO. The van der Waals surface area contributed by atoms with Crippen LogP contribution >= 0.6 is 11.6 Å². The third kappa shape index (κ3) is 2.87. The molecule has 0 spiro atoms. The van der Waals surface area contributed by atoms with Gasteiger partial charge < -0.3 is 5.32 Å². The maximum atomic E-state index is 11.1. The molecule has 0 bridgehead atoms. The van der Waals surface area contributed by atoms with Gasteiger partial charge in [-0.15, -0.1) is 11.6 Å². The molecule has 0 aromatic carbocycles. The first-order chi connectivity index (χ1) is 6.10. The van der Waals surface area contributed by atoms with E-state index in [9.17, 15) is 4.79 Å². The fourth-order valence-electron chi connectivity index (χ4n) is 1.57. The van der Waals surface area contributed by atoms with E-state index >= 15 is 0 Å². The van der Waals surface area contributed by atoms with Crippen LogP contribution in [-0.2, 0) is 4.79 Å². The van der Waals surface area contributed by atoms with Gasteiger partial charge in [-0.2, -0.15) is 0 Å². The molecule has 0 aromatic rings. The number of nitrogens with one attached hydrogen (secondary N) is 1. The summed E-state index contributed by atoms with van der Waals surface area (Å²) in [5.74, 6) is 1.17. The number of hydrogen-bond acceptors (Lipinski definition) is 1. The molecule has 1 aliphatic rings. The molecule has 1 aliphatic carbocycles. The van der Waals surface area contributed by atoms with Gasteiger partial charge in [-0.05, 0) is 24.2 Å². The molecular weight excluding hydrogens is 186 g/mol. The largest absolute Gasteiger partial charge is 0.356 e. The van der Waals surface area contributed by atoms with Gasteiger partial charge in [-0.25, -0.2) is 0 Å². The van der Waals surface area contributed by atoms with Crippen LogP contribution in [0, 0.1) is 11.3 Å². The number of halogens is 1. The predicted molar refractivity (Wildman–Crippen MR) is 54.9 cm³/mol. The lowest BCUT2D eigenvalue weighted by Gasteiger charge is -2.19. The van der Waals surface area contributed by atoms with E-state index in [1.54, 1.807) is 0 Å². The number of amides is 1. The highest BCUT2D eigenvalue weighted by atomic mass is 35.5. The molecule has 76 valence electrons. The van der Waals surface area contributed by atoms with Gasteiger partial charge in [0.05, 0.1) is 0 Å². The lowest BCUT2D eigenvalue weighted by Crippen LogP contribution is -2.32. The van der Waals surface area contributed by atoms with E-state index < -0.39 is 0 Å². The van der Waals surface area contributed by atoms with Gasteiger partial charge in [0, 0.05) is 18.8 Å². The fraction of sp³-hybridized carbons (Fsp3) is 0.900. The molecule has 1 rings (SSSR count). The molecule has 0 atom stereocenters. The summed E-state index contributed by atoms with van der Waals surface area (Å²) < 4.78 is 0. The molecule has 1 N–H and O–H groups in total. The minimum absolute atomic E-state index is 0.0851. The normalized spacial score (nSPS) is 18.8. The van der Waals surface area contributed by atoms with E-state index in [1.165, 1.54) is 12.8 Å². The maximum absolute atomic E-state index is 11.1. The zero-order valence-corrected chi connectivity index (χ0v) is 9.16. The van der Waals surface area contributed by atoms with Crippen molar-refractivity contribution in [2.75, 3.05) is 12.4 Å². The van der Waals surface area contributed by atoms with Gasteiger partial charge in [0.2, 0.25) is 5.91 Å². The van der Waals surface area contributed by atoms with Crippen LogP contribution in [0.3, 0.4) is 0 Å². The molecule has 0 saturated heterocycles. The number of rotatable bonds is 5. The SMILES string of the molecule is CC(C)C1(CNC(=O)CCCl)CC1. The summed E-state index contributed by atoms with van der Waals surface area (Å²) >= 11 is 5.46. The molecule has 0 unspecified atom stereocenters. The monoisotopic (exact) mass is 203 g/mol.